The zero-order chi connectivity index (χ0) is 17.1. The number of para-hydroxylation sites is 2. The normalized spacial score (nSPS) is 11.0. The number of fused-ring (bicyclic) bond motifs is 1. The summed E-state index contributed by atoms with van der Waals surface area (Å²) in [5.41, 5.74) is 4.14. The molecule has 4 nitrogen and oxygen atoms in total. The van der Waals surface area contributed by atoms with Crippen molar-refractivity contribution in [2.24, 2.45) is 0 Å². The highest BCUT2D eigenvalue weighted by Gasteiger charge is 2.18. The number of imidazole rings is 1. The fourth-order valence-corrected chi connectivity index (χ4v) is 3.08. The van der Waals surface area contributed by atoms with E-state index in [-0.39, 0.29) is 5.91 Å². The molecule has 3 rings (SSSR count). The van der Waals surface area contributed by atoms with Gasteiger partial charge in [-0.1, -0.05) is 36.4 Å². The second kappa shape index (κ2) is 6.87. The largest absolute Gasteiger partial charge is 0.342 e. The highest BCUT2D eigenvalue weighted by atomic mass is 16.2. The van der Waals surface area contributed by atoms with Crippen LogP contribution in [0.2, 0.25) is 0 Å². The molecule has 0 unspecified atom stereocenters. The van der Waals surface area contributed by atoms with Crippen molar-refractivity contribution in [3.63, 3.8) is 0 Å². The smallest absolute Gasteiger partial charge is 0.242 e. The highest BCUT2D eigenvalue weighted by molar-refractivity contribution is 5.85. The van der Waals surface area contributed by atoms with Gasteiger partial charge < -0.3 is 9.47 Å². The van der Waals surface area contributed by atoms with Gasteiger partial charge in [0.25, 0.3) is 0 Å². The number of amides is 1. The van der Waals surface area contributed by atoms with E-state index < -0.39 is 0 Å². The van der Waals surface area contributed by atoms with E-state index >= 15 is 0 Å². The van der Waals surface area contributed by atoms with E-state index in [1.54, 1.807) is 0 Å². The Labute approximate surface area is 142 Å². The molecule has 0 spiro atoms. The van der Waals surface area contributed by atoms with E-state index in [1.165, 1.54) is 0 Å². The van der Waals surface area contributed by atoms with E-state index in [4.69, 9.17) is 4.98 Å². The van der Waals surface area contributed by atoms with Crippen LogP contribution < -0.4 is 0 Å². The number of nitrogens with zero attached hydrogens (tertiary/aromatic N) is 3. The third-order valence-electron chi connectivity index (χ3n) is 4.45. The summed E-state index contributed by atoms with van der Waals surface area (Å²) in [7, 11) is 0. The molecule has 0 aliphatic carbocycles. The summed E-state index contributed by atoms with van der Waals surface area (Å²) in [6, 6.07) is 16.2. The first-order valence-electron chi connectivity index (χ1n) is 8.44. The standard InChI is InChI=1S/C20H23N3O/c1-4-22(5-2)19(24)14-23-18-13-9-8-12-17(18)21-20(23)16-11-7-6-10-15(16)3/h6-13H,4-5,14H2,1-3H3. The van der Waals surface area contributed by atoms with E-state index in [9.17, 15) is 4.79 Å². The maximum Gasteiger partial charge on any atom is 0.242 e. The van der Waals surface area contributed by atoms with Crippen molar-refractivity contribution in [2.45, 2.75) is 27.3 Å². The number of likely N-dealkylation sites (N-methyl/N-ethyl adjacent to an activating group) is 1. The van der Waals surface area contributed by atoms with E-state index in [1.807, 2.05) is 59.7 Å². The van der Waals surface area contributed by atoms with Crippen molar-refractivity contribution in [3.8, 4) is 11.4 Å². The minimum absolute atomic E-state index is 0.123. The molecule has 124 valence electrons. The van der Waals surface area contributed by atoms with Crippen LogP contribution in [0.25, 0.3) is 22.4 Å². The van der Waals surface area contributed by atoms with Gasteiger partial charge >= 0.3 is 0 Å². The predicted molar refractivity (Wildman–Crippen MR) is 97.8 cm³/mol. The van der Waals surface area contributed by atoms with E-state index in [2.05, 4.69) is 19.1 Å². The lowest BCUT2D eigenvalue weighted by molar-refractivity contribution is -0.131. The summed E-state index contributed by atoms with van der Waals surface area (Å²) in [6.45, 7) is 7.85. The lowest BCUT2D eigenvalue weighted by Gasteiger charge is -2.20. The van der Waals surface area contributed by atoms with Gasteiger partial charge in [-0.05, 0) is 38.5 Å². The number of hydrogen-bond acceptors (Lipinski definition) is 2. The molecule has 0 saturated heterocycles. The van der Waals surface area contributed by atoms with Crippen LogP contribution in [0, 0.1) is 6.92 Å². The minimum Gasteiger partial charge on any atom is -0.342 e. The van der Waals surface area contributed by atoms with Gasteiger partial charge in [0.15, 0.2) is 0 Å². The Morgan fingerprint density at radius 1 is 1.04 bits per heavy atom. The quantitative estimate of drug-likeness (QED) is 0.715. The molecule has 0 fully saturated rings. The third-order valence-corrected chi connectivity index (χ3v) is 4.45. The second-order valence-electron chi connectivity index (χ2n) is 5.89. The molecule has 2 aromatic carbocycles. The minimum atomic E-state index is 0.123. The fraction of sp³-hybridized carbons (Fsp3) is 0.300. The Morgan fingerprint density at radius 2 is 1.71 bits per heavy atom. The number of rotatable bonds is 5. The Kier molecular flexibility index (Phi) is 4.65. The van der Waals surface area contributed by atoms with Crippen molar-refractivity contribution in [2.75, 3.05) is 13.1 Å². The highest BCUT2D eigenvalue weighted by Crippen LogP contribution is 2.27. The molecule has 0 aliphatic heterocycles. The second-order valence-corrected chi connectivity index (χ2v) is 5.89. The topological polar surface area (TPSA) is 38.1 Å². The van der Waals surface area contributed by atoms with Gasteiger partial charge in [0.1, 0.15) is 12.4 Å². The summed E-state index contributed by atoms with van der Waals surface area (Å²) < 4.78 is 2.04. The summed E-state index contributed by atoms with van der Waals surface area (Å²) in [4.78, 5) is 19.3. The lowest BCUT2D eigenvalue weighted by atomic mass is 10.1. The average molecular weight is 321 g/mol. The predicted octanol–water partition coefficient (Wildman–Crippen LogP) is 3.88. The molecular formula is C20H23N3O. The molecule has 0 bridgehead atoms. The number of benzene rings is 2. The molecule has 0 N–H and O–H groups in total. The van der Waals surface area contributed by atoms with Crippen LogP contribution in [0.1, 0.15) is 19.4 Å². The molecule has 0 saturated carbocycles. The zero-order valence-electron chi connectivity index (χ0n) is 14.5. The first-order valence-corrected chi connectivity index (χ1v) is 8.44. The molecular weight excluding hydrogens is 298 g/mol. The molecule has 0 radical (unpaired) electrons. The molecule has 0 aliphatic rings. The van der Waals surface area contributed by atoms with E-state index in [0.29, 0.717) is 6.54 Å². The SMILES string of the molecule is CCN(CC)C(=O)Cn1c(-c2ccccc2C)nc2ccccc21. The van der Waals surface area contributed by atoms with Crippen molar-refractivity contribution >= 4 is 16.9 Å². The van der Waals surface area contributed by atoms with E-state index in [0.717, 1.165) is 41.1 Å². The maximum absolute atomic E-state index is 12.7. The van der Waals surface area contributed by atoms with Crippen LogP contribution in [-0.4, -0.2) is 33.4 Å². The lowest BCUT2D eigenvalue weighted by Crippen LogP contribution is -2.33. The number of carbonyl (C=O) groups excluding carboxylic acids is 1. The molecule has 1 aromatic heterocycles. The first kappa shape index (κ1) is 16.2. The fourth-order valence-electron chi connectivity index (χ4n) is 3.08. The van der Waals surface area contributed by atoms with Crippen molar-refractivity contribution in [1.82, 2.24) is 14.5 Å². The van der Waals surface area contributed by atoms with Crippen molar-refractivity contribution in [3.05, 3.63) is 54.1 Å². The molecule has 0 atom stereocenters. The van der Waals surface area contributed by atoms with Crippen molar-refractivity contribution < 1.29 is 4.79 Å². The van der Waals surface area contributed by atoms with Gasteiger partial charge in [-0.25, -0.2) is 4.98 Å². The van der Waals surface area contributed by atoms with Crippen LogP contribution in [0.15, 0.2) is 48.5 Å². The number of hydrogen-bond donors (Lipinski definition) is 0. The molecule has 24 heavy (non-hydrogen) atoms. The molecule has 3 aromatic rings. The summed E-state index contributed by atoms with van der Waals surface area (Å²) in [5, 5.41) is 0. The Hall–Kier alpha value is -2.62. The summed E-state index contributed by atoms with van der Waals surface area (Å²) in [6.07, 6.45) is 0. The van der Waals surface area contributed by atoms with Gasteiger partial charge in [0.05, 0.1) is 11.0 Å². The van der Waals surface area contributed by atoms with Crippen LogP contribution in [0.4, 0.5) is 0 Å². The van der Waals surface area contributed by atoms with Gasteiger partial charge in [-0.15, -0.1) is 0 Å². The number of carbonyl (C=O) groups is 1. The van der Waals surface area contributed by atoms with Crippen molar-refractivity contribution in [1.29, 1.82) is 0 Å². The van der Waals surface area contributed by atoms with Crippen LogP contribution in [-0.2, 0) is 11.3 Å². The zero-order valence-corrected chi connectivity index (χ0v) is 14.5. The third kappa shape index (κ3) is 2.92. The number of aryl methyl sites for hydroxylation is 1. The Bertz CT molecular complexity index is 862. The number of aromatic nitrogens is 2. The Morgan fingerprint density at radius 3 is 2.42 bits per heavy atom. The van der Waals surface area contributed by atoms with Crippen LogP contribution >= 0.6 is 0 Å². The molecule has 4 heteroatoms. The molecule has 1 amide bonds. The summed E-state index contributed by atoms with van der Waals surface area (Å²) in [5.74, 6) is 0.979. The summed E-state index contributed by atoms with van der Waals surface area (Å²) >= 11 is 0. The van der Waals surface area contributed by atoms with Gasteiger partial charge in [0, 0.05) is 18.7 Å². The van der Waals surface area contributed by atoms with Gasteiger partial charge in [0.2, 0.25) is 5.91 Å². The Balaban J connectivity index is 2.13. The van der Waals surface area contributed by atoms with Gasteiger partial charge in [-0.2, -0.15) is 0 Å². The monoisotopic (exact) mass is 321 g/mol. The maximum atomic E-state index is 12.7. The van der Waals surface area contributed by atoms with Crippen LogP contribution in [0.3, 0.4) is 0 Å². The van der Waals surface area contributed by atoms with Crippen LogP contribution in [0.5, 0.6) is 0 Å². The molecule has 1 heterocycles. The van der Waals surface area contributed by atoms with Gasteiger partial charge in [-0.3, -0.25) is 4.79 Å². The first-order chi connectivity index (χ1) is 11.7. The average Bonchev–Trinajstić information content (AvgIpc) is 2.95.